The minimum absolute atomic E-state index is 0.00917. The first kappa shape index (κ1) is 14.1. The van der Waals surface area contributed by atoms with Gasteiger partial charge in [0.25, 0.3) is 5.91 Å². The third-order valence-electron chi connectivity index (χ3n) is 4.16. The maximum Gasteiger partial charge on any atom is 0.326 e. The Kier molecular flexibility index (Phi) is 3.68. The second-order valence-corrected chi connectivity index (χ2v) is 6.46. The Morgan fingerprint density at radius 1 is 1.33 bits per heavy atom. The predicted octanol–water partition coefficient (Wildman–Crippen LogP) is 3.23. The molecule has 1 fully saturated rings. The fourth-order valence-electron chi connectivity index (χ4n) is 3.09. The lowest BCUT2D eigenvalue weighted by Crippen LogP contribution is -2.51. The summed E-state index contributed by atoms with van der Waals surface area (Å²) in [7, 11) is 0. The van der Waals surface area contributed by atoms with Gasteiger partial charge in [0.05, 0.1) is 5.56 Å². The maximum absolute atomic E-state index is 12.8. The van der Waals surface area contributed by atoms with Crippen molar-refractivity contribution in [3.8, 4) is 0 Å². The summed E-state index contributed by atoms with van der Waals surface area (Å²) in [6, 6.07) is 7.02. The van der Waals surface area contributed by atoms with E-state index in [4.69, 9.17) is 0 Å². The molecule has 1 amide bonds. The van der Waals surface area contributed by atoms with Crippen molar-refractivity contribution in [3.05, 3.63) is 35.2 Å². The molecule has 3 rings (SSSR count). The number of piperidine rings is 1. The number of carbonyl (C=O) groups is 2. The number of rotatable bonds is 2. The summed E-state index contributed by atoms with van der Waals surface area (Å²) < 4.78 is 1.05. The van der Waals surface area contributed by atoms with Crippen LogP contribution in [0.3, 0.4) is 0 Å². The van der Waals surface area contributed by atoms with Crippen LogP contribution in [-0.4, -0.2) is 34.5 Å². The summed E-state index contributed by atoms with van der Waals surface area (Å²) in [5, 5.41) is 12.2. The minimum atomic E-state index is -0.907. The van der Waals surface area contributed by atoms with E-state index in [0.29, 0.717) is 12.1 Å². The van der Waals surface area contributed by atoms with Gasteiger partial charge in [-0.3, -0.25) is 4.79 Å². The van der Waals surface area contributed by atoms with E-state index in [-0.39, 0.29) is 11.8 Å². The van der Waals surface area contributed by atoms with Gasteiger partial charge in [-0.2, -0.15) is 0 Å². The van der Waals surface area contributed by atoms with Gasteiger partial charge in [0, 0.05) is 22.0 Å². The summed E-state index contributed by atoms with van der Waals surface area (Å²) in [6.07, 6.45) is 1.71. The summed E-state index contributed by atoms with van der Waals surface area (Å²) in [4.78, 5) is 25.9. The summed E-state index contributed by atoms with van der Waals surface area (Å²) in [6.45, 7) is 2.42. The van der Waals surface area contributed by atoms with Crippen LogP contribution in [0, 0.1) is 5.92 Å². The standard InChI is InChI=1S/C16H17NO3S/c1-10-5-4-8-17(14(10)16(19)20)15(18)12-9-21-13-7-3-2-6-11(12)13/h2-3,6-7,9-10,14H,4-5,8H2,1H3,(H,19,20). The van der Waals surface area contributed by atoms with Gasteiger partial charge in [0.2, 0.25) is 0 Å². The van der Waals surface area contributed by atoms with E-state index in [1.54, 1.807) is 0 Å². The number of hydrogen-bond acceptors (Lipinski definition) is 3. The van der Waals surface area contributed by atoms with Crippen LogP contribution >= 0.6 is 11.3 Å². The average molecular weight is 303 g/mol. The topological polar surface area (TPSA) is 57.6 Å². The fourth-order valence-corrected chi connectivity index (χ4v) is 4.03. The highest BCUT2D eigenvalue weighted by Gasteiger charge is 2.37. The number of carboxylic acid groups (broad SMARTS) is 1. The van der Waals surface area contributed by atoms with Gasteiger partial charge in [-0.25, -0.2) is 4.79 Å². The molecule has 1 N–H and O–H groups in total. The molecule has 5 heteroatoms. The Morgan fingerprint density at radius 2 is 2.10 bits per heavy atom. The molecule has 0 aliphatic carbocycles. The van der Waals surface area contributed by atoms with Gasteiger partial charge in [-0.05, 0) is 24.8 Å². The van der Waals surface area contributed by atoms with Crippen LogP contribution in [0.4, 0.5) is 0 Å². The zero-order valence-electron chi connectivity index (χ0n) is 11.8. The van der Waals surface area contributed by atoms with Crippen molar-refractivity contribution in [1.29, 1.82) is 0 Å². The Morgan fingerprint density at radius 3 is 2.86 bits per heavy atom. The van der Waals surface area contributed by atoms with E-state index in [1.165, 1.54) is 16.2 Å². The number of likely N-dealkylation sites (tertiary alicyclic amines) is 1. The lowest BCUT2D eigenvalue weighted by molar-refractivity contribution is -0.145. The normalized spacial score (nSPS) is 22.4. The molecule has 0 radical (unpaired) electrons. The van der Waals surface area contributed by atoms with E-state index < -0.39 is 12.0 Å². The molecule has 2 atom stereocenters. The fraction of sp³-hybridized carbons (Fsp3) is 0.375. The van der Waals surface area contributed by atoms with Crippen LogP contribution in [0.1, 0.15) is 30.1 Å². The van der Waals surface area contributed by atoms with Crippen LogP contribution in [0.15, 0.2) is 29.6 Å². The first-order chi connectivity index (χ1) is 10.1. The number of fused-ring (bicyclic) bond motifs is 1. The first-order valence-corrected chi connectivity index (χ1v) is 7.97. The average Bonchev–Trinajstić information content (AvgIpc) is 2.89. The van der Waals surface area contributed by atoms with Crippen molar-refractivity contribution in [3.63, 3.8) is 0 Å². The highest BCUT2D eigenvalue weighted by atomic mass is 32.1. The van der Waals surface area contributed by atoms with Crippen LogP contribution in [0.5, 0.6) is 0 Å². The molecule has 110 valence electrons. The number of hydrogen-bond donors (Lipinski definition) is 1. The largest absolute Gasteiger partial charge is 0.480 e. The lowest BCUT2D eigenvalue weighted by Gasteiger charge is -2.37. The molecule has 0 bridgehead atoms. The molecule has 1 saturated heterocycles. The molecule has 0 spiro atoms. The molecular formula is C16H17NO3S. The van der Waals surface area contributed by atoms with Crippen molar-refractivity contribution >= 4 is 33.3 Å². The molecule has 4 nitrogen and oxygen atoms in total. The molecule has 1 aromatic heterocycles. The second kappa shape index (κ2) is 5.48. The molecule has 0 saturated carbocycles. The summed E-state index contributed by atoms with van der Waals surface area (Å²) in [5.74, 6) is -1.08. The summed E-state index contributed by atoms with van der Waals surface area (Å²) >= 11 is 1.52. The van der Waals surface area contributed by atoms with Gasteiger partial charge in [0.1, 0.15) is 6.04 Å². The second-order valence-electron chi connectivity index (χ2n) is 5.55. The Hall–Kier alpha value is -1.88. The van der Waals surface area contributed by atoms with Crippen LogP contribution in [-0.2, 0) is 4.79 Å². The number of aliphatic carboxylic acids is 1. The minimum Gasteiger partial charge on any atom is -0.480 e. The van der Waals surface area contributed by atoms with Crippen LogP contribution in [0.25, 0.3) is 10.1 Å². The smallest absolute Gasteiger partial charge is 0.326 e. The molecule has 2 aromatic rings. The van der Waals surface area contributed by atoms with Crippen molar-refractivity contribution in [2.45, 2.75) is 25.8 Å². The number of nitrogens with zero attached hydrogens (tertiary/aromatic N) is 1. The van der Waals surface area contributed by atoms with Gasteiger partial charge in [-0.15, -0.1) is 11.3 Å². The van der Waals surface area contributed by atoms with Crippen LogP contribution < -0.4 is 0 Å². The van der Waals surface area contributed by atoms with E-state index in [2.05, 4.69) is 0 Å². The van der Waals surface area contributed by atoms with Crippen molar-refractivity contribution in [1.82, 2.24) is 4.90 Å². The highest BCUT2D eigenvalue weighted by molar-refractivity contribution is 7.17. The number of benzene rings is 1. The predicted molar refractivity (Wildman–Crippen MR) is 82.7 cm³/mol. The van der Waals surface area contributed by atoms with E-state index >= 15 is 0 Å². The first-order valence-electron chi connectivity index (χ1n) is 7.09. The Bertz CT molecular complexity index is 694. The van der Waals surface area contributed by atoms with Crippen LogP contribution in [0.2, 0.25) is 0 Å². The maximum atomic E-state index is 12.8. The number of amides is 1. The SMILES string of the molecule is CC1CCCN(C(=O)c2csc3ccccc23)C1C(=O)O. The molecule has 2 unspecified atom stereocenters. The zero-order valence-corrected chi connectivity index (χ0v) is 12.6. The quantitative estimate of drug-likeness (QED) is 0.926. The Balaban J connectivity index is 1.98. The van der Waals surface area contributed by atoms with E-state index in [1.807, 2.05) is 36.6 Å². The van der Waals surface area contributed by atoms with Gasteiger partial charge in [-0.1, -0.05) is 25.1 Å². The van der Waals surface area contributed by atoms with Crippen molar-refractivity contribution in [2.75, 3.05) is 6.54 Å². The van der Waals surface area contributed by atoms with Gasteiger partial charge >= 0.3 is 5.97 Å². The molecule has 1 aliphatic heterocycles. The molecule has 2 heterocycles. The zero-order chi connectivity index (χ0) is 15.0. The third-order valence-corrected chi connectivity index (χ3v) is 5.12. The number of carboxylic acids is 1. The number of carbonyl (C=O) groups excluding carboxylic acids is 1. The lowest BCUT2D eigenvalue weighted by atomic mass is 9.90. The highest BCUT2D eigenvalue weighted by Crippen LogP contribution is 2.30. The van der Waals surface area contributed by atoms with E-state index in [9.17, 15) is 14.7 Å². The monoisotopic (exact) mass is 303 g/mol. The van der Waals surface area contributed by atoms with Crippen molar-refractivity contribution in [2.24, 2.45) is 5.92 Å². The number of thiophene rings is 1. The summed E-state index contributed by atoms with van der Waals surface area (Å²) in [5.41, 5.74) is 0.621. The molecule has 1 aromatic carbocycles. The molecule has 21 heavy (non-hydrogen) atoms. The van der Waals surface area contributed by atoms with Gasteiger partial charge < -0.3 is 10.0 Å². The third kappa shape index (κ3) is 2.42. The molecular weight excluding hydrogens is 286 g/mol. The Labute approximate surface area is 127 Å². The van der Waals surface area contributed by atoms with E-state index in [0.717, 1.165) is 22.9 Å². The molecule has 1 aliphatic rings. The van der Waals surface area contributed by atoms with Crippen molar-refractivity contribution < 1.29 is 14.7 Å². The van der Waals surface area contributed by atoms with Gasteiger partial charge in [0.15, 0.2) is 0 Å².